The zero-order valence-electron chi connectivity index (χ0n) is 11.8. The van der Waals surface area contributed by atoms with Crippen molar-refractivity contribution in [2.75, 3.05) is 13.6 Å². The Morgan fingerprint density at radius 2 is 1.78 bits per heavy atom. The molecule has 3 nitrogen and oxygen atoms in total. The van der Waals surface area contributed by atoms with Crippen LogP contribution in [0.3, 0.4) is 0 Å². The van der Waals surface area contributed by atoms with Gasteiger partial charge < -0.3 is 10.0 Å². The third kappa shape index (κ3) is 2.87. The third-order valence-electron chi connectivity index (χ3n) is 5.18. The Hall–Kier alpha value is -0.570. The maximum absolute atomic E-state index is 11.6. The van der Waals surface area contributed by atoms with Crippen LogP contribution in [0.25, 0.3) is 0 Å². The number of carboxylic acid groups (broad SMARTS) is 1. The molecule has 2 saturated carbocycles. The van der Waals surface area contributed by atoms with Gasteiger partial charge in [-0.3, -0.25) is 4.79 Å². The number of hydrogen-bond donors (Lipinski definition) is 1. The molecule has 0 saturated heterocycles. The Morgan fingerprint density at radius 1 is 1.22 bits per heavy atom. The fourth-order valence-corrected chi connectivity index (χ4v) is 3.78. The Kier molecular flexibility index (Phi) is 4.31. The van der Waals surface area contributed by atoms with Crippen LogP contribution >= 0.6 is 0 Å². The largest absolute Gasteiger partial charge is 0.481 e. The maximum Gasteiger partial charge on any atom is 0.310 e. The first kappa shape index (κ1) is 13.9. The molecule has 1 N–H and O–H groups in total. The minimum absolute atomic E-state index is 0.447. The minimum atomic E-state index is -0.573. The summed E-state index contributed by atoms with van der Waals surface area (Å²) in [6.07, 6.45) is 9.00. The number of aliphatic carboxylic acids is 1. The van der Waals surface area contributed by atoms with Gasteiger partial charge in [0, 0.05) is 12.6 Å². The molecule has 2 aliphatic carbocycles. The van der Waals surface area contributed by atoms with Crippen LogP contribution < -0.4 is 0 Å². The van der Waals surface area contributed by atoms with Crippen molar-refractivity contribution in [1.82, 2.24) is 4.90 Å². The summed E-state index contributed by atoms with van der Waals surface area (Å²) < 4.78 is 0. The van der Waals surface area contributed by atoms with Gasteiger partial charge in [0.05, 0.1) is 5.41 Å². The number of nitrogens with zero attached hydrogens (tertiary/aromatic N) is 1. The predicted octanol–water partition coefficient (Wildman–Crippen LogP) is 3.14. The van der Waals surface area contributed by atoms with E-state index in [1.54, 1.807) is 0 Å². The van der Waals surface area contributed by atoms with E-state index in [4.69, 9.17) is 0 Å². The first-order chi connectivity index (χ1) is 8.53. The highest BCUT2D eigenvalue weighted by Gasteiger charge is 2.43. The molecule has 0 aromatic heterocycles. The van der Waals surface area contributed by atoms with Gasteiger partial charge in [-0.15, -0.1) is 0 Å². The van der Waals surface area contributed by atoms with Gasteiger partial charge in [0.25, 0.3) is 0 Å². The first-order valence-corrected chi connectivity index (χ1v) is 7.47. The lowest BCUT2D eigenvalue weighted by molar-refractivity contribution is -0.150. The summed E-state index contributed by atoms with van der Waals surface area (Å²) in [4.78, 5) is 13.9. The number of carboxylic acids is 1. The first-order valence-electron chi connectivity index (χ1n) is 7.47. The van der Waals surface area contributed by atoms with Crippen molar-refractivity contribution in [3.8, 4) is 0 Å². The SMILES string of the molecule is CC1CCC(N(C)CC2(C(=O)O)CCCC2)CC1. The van der Waals surface area contributed by atoms with Crippen molar-refractivity contribution in [3.63, 3.8) is 0 Å². The minimum Gasteiger partial charge on any atom is -0.481 e. The molecule has 0 bridgehead atoms. The molecule has 0 atom stereocenters. The number of carbonyl (C=O) groups is 1. The fraction of sp³-hybridized carbons (Fsp3) is 0.933. The predicted molar refractivity (Wildman–Crippen MR) is 72.6 cm³/mol. The molecule has 2 rings (SSSR count). The second-order valence-corrected chi connectivity index (χ2v) is 6.62. The molecule has 0 heterocycles. The monoisotopic (exact) mass is 253 g/mol. The second kappa shape index (κ2) is 5.60. The van der Waals surface area contributed by atoms with Crippen molar-refractivity contribution in [2.24, 2.45) is 11.3 Å². The quantitative estimate of drug-likeness (QED) is 0.836. The van der Waals surface area contributed by atoms with Gasteiger partial charge in [0.1, 0.15) is 0 Å². The van der Waals surface area contributed by atoms with Crippen molar-refractivity contribution >= 4 is 5.97 Å². The molecular formula is C15H27NO2. The second-order valence-electron chi connectivity index (χ2n) is 6.62. The molecule has 3 heteroatoms. The van der Waals surface area contributed by atoms with Crippen LogP contribution in [-0.2, 0) is 4.79 Å². The molecule has 0 aromatic carbocycles. The fourth-order valence-electron chi connectivity index (χ4n) is 3.78. The standard InChI is InChI=1S/C15H27NO2/c1-12-5-7-13(8-6-12)16(2)11-15(14(17)18)9-3-4-10-15/h12-13H,3-11H2,1-2H3,(H,17,18). The highest BCUT2D eigenvalue weighted by molar-refractivity contribution is 5.75. The van der Waals surface area contributed by atoms with E-state index in [1.807, 2.05) is 0 Å². The van der Waals surface area contributed by atoms with E-state index >= 15 is 0 Å². The lowest BCUT2D eigenvalue weighted by Crippen LogP contribution is -2.45. The number of rotatable bonds is 4. The lowest BCUT2D eigenvalue weighted by Gasteiger charge is -2.38. The number of hydrogen-bond acceptors (Lipinski definition) is 2. The van der Waals surface area contributed by atoms with Crippen LogP contribution in [-0.4, -0.2) is 35.6 Å². The normalized spacial score (nSPS) is 31.7. The van der Waals surface area contributed by atoms with Crippen LogP contribution in [0, 0.1) is 11.3 Å². The topological polar surface area (TPSA) is 40.5 Å². The average Bonchev–Trinajstić information content (AvgIpc) is 2.79. The summed E-state index contributed by atoms with van der Waals surface area (Å²) in [5.41, 5.74) is -0.447. The van der Waals surface area contributed by atoms with Gasteiger partial charge in [-0.2, -0.15) is 0 Å². The zero-order chi connectivity index (χ0) is 13.2. The van der Waals surface area contributed by atoms with E-state index in [9.17, 15) is 9.90 Å². The molecule has 0 aromatic rings. The van der Waals surface area contributed by atoms with Crippen LogP contribution in [0.15, 0.2) is 0 Å². The third-order valence-corrected chi connectivity index (χ3v) is 5.18. The molecule has 0 aliphatic heterocycles. The van der Waals surface area contributed by atoms with E-state index in [0.29, 0.717) is 6.04 Å². The maximum atomic E-state index is 11.6. The van der Waals surface area contributed by atoms with Crippen molar-refractivity contribution in [3.05, 3.63) is 0 Å². The van der Waals surface area contributed by atoms with E-state index in [0.717, 1.165) is 38.1 Å². The van der Waals surface area contributed by atoms with E-state index < -0.39 is 11.4 Å². The van der Waals surface area contributed by atoms with Gasteiger partial charge in [-0.05, 0) is 51.5 Å². The van der Waals surface area contributed by atoms with Crippen molar-refractivity contribution in [1.29, 1.82) is 0 Å². The molecule has 2 fully saturated rings. The summed E-state index contributed by atoms with van der Waals surface area (Å²) in [7, 11) is 2.13. The zero-order valence-corrected chi connectivity index (χ0v) is 11.8. The van der Waals surface area contributed by atoms with Gasteiger partial charge >= 0.3 is 5.97 Å². The Bertz CT molecular complexity index is 289. The van der Waals surface area contributed by atoms with Crippen LogP contribution in [0.4, 0.5) is 0 Å². The van der Waals surface area contributed by atoms with Crippen molar-refractivity contribution in [2.45, 2.75) is 64.3 Å². The van der Waals surface area contributed by atoms with Crippen LogP contribution in [0.1, 0.15) is 58.3 Å². The van der Waals surface area contributed by atoms with E-state index in [2.05, 4.69) is 18.9 Å². The van der Waals surface area contributed by atoms with Crippen LogP contribution in [0.2, 0.25) is 0 Å². The molecular weight excluding hydrogens is 226 g/mol. The van der Waals surface area contributed by atoms with Gasteiger partial charge in [-0.1, -0.05) is 19.8 Å². The Morgan fingerprint density at radius 3 is 2.28 bits per heavy atom. The summed E-state index contributed by atoms with van der Waals surface area (Å²) in [6.45, 7) is 3.08. The Labute approximate surface area is 111 Å². The molecule has 0 radical (unpaired) electrons. The van der Waals surface area contributed by atoms with Crippen molar-refractivity contribution < 1.29 is 9.90 Å². The van der Waals surface area contributed by atoms with Crippen LogP contribution in [0.5, 0.6) is 0 Å². The molecule has 0 spiro atoms. The molecule has 18 heavy (non-hydrogen) atoms. The van der Waals surface area contributed by atoms with Gasteiger partial charge in [0.15, 0.2) is 0 Å². The average molecular weight is 253 g/mol. The molecule has 2 aliphatic rings. The molecule has 0 unspecified atom stereocenters. The van der Waals surface area contributed by atoms with Gasteiger partial charge in [-0.25, -0.2) is 0 Å². The summed E-state index contributed by atoms with van der Waals surface area (Å²) >= 11 is 0. The highest BCUT2D eigenvalue weighted by atomic mass is 16.4. The van der Waals surface area contributed by atoms with E-state index in [-0.39, 0.29) is 0 Å². The Balaban J connectivity index is 1.93. The smallest absolute Gasteiger partial charge is 0.310 e. The van der Waals surface area contributed by atoms with E-state index in [1.165, 1.54) is 25.7 Å². The molecule has 0 amide bonds. The highest BCUT2D eigenvalue weighted by Crippen LogP contribution is 2.40. The summed E-state index contributed by atoms with van der Waals surface area (Å²) in [5.74, 6) is 0.283. The summed E-state index contributed by atoms with van der Waals surface area (Å²) in [6, 6.07) is 0.609. The lowest BCUT2D eigenvalue weighted by atomic mass is 9.83. The molecule has 104 valence electrons. The summed E-state index contributed by atoms with van der Waals surface area (Å²) in [5, 5.41) is 9.53. The van der Waals surface area contributed by atoms with Gasteiger partial charge in [0.2, 0.25) is 0 Å².